The van der Waals surface area contributed by atoms with Crippen LogP contribution in [-0.2, 0) is 6.54 Å². The van der Waals surface area contributed by atoms with Crippen molar-refractivity contribution < 1.29 is 4.74 Å². The monoisotopic (exact) mass is 422 g/mol. The van der Waals surface area contributed by atoms with Crippen LogP contribution in [0.2, 0.25) is 10.0 Å². The third kappa shape index (κ3) is 4.85. The number of piperidine rings is 1. The summed E-state index contributed by atoms with van der Waals surface area (Å²) in [6.07, 6.45) is 5.77. The smallest absolute Gasteiger partial charge is 0.121 e. The number of ether oxygens (including phenoxy) is 1. The van der Waals surface area contributed by atoms with E-state index in [1.807, 2.05) is 36.4 Å². The molecule has 0 aliphatic carbocycles. The van der Waals surface area contributed by atoms with Gasteiger partial charge < -0.3 is 4.74 Å². The lowest BCUT2D eigenvalue weighted by Gasteiger charge is -2.32. The van der Waals surface area contributed by atoms with Crippen molar-refractivity contribution in [1.82, 2.24) is 9.88 Å². The van der Waals surface area contributed by atoms with Gasteiger partial charge in [0.05, 0.1) is 5.02 Å². The van der Waals surface area contributed by atoms with E-state index in [-0.39, 0.29) is 18.5 Å². The lowest BCUT2D eigenvalue weighted by molar-refractivity contribution is 0.0969. The Balaban J connectivity index is 0.00000210. The third-order valence-corrected chi connectivity index (χ3v) is 5.55. The molecule has 0 amide bonds. The van der Waals surface area contributed by atoms with Crippen LogP contribution in [-0.4, -0.2) is 29.1 Å². The zero-order chi connectivity index (χ0) is 17.9. The SMILES string of the molecule is Cl.Clc1ccccc1CN1CCC(Oc2cc(Cl)c3cnccc3c2)CC1. The Hall–Kier alpha value is -1.52. The van der Waals surface area contributed by atoms with E-state index in [0.29, 0.717) is 5.02 Å². The van der Waals surface area contributed by atoms with Crippen LogP contribution in [0.4, 0.5) is 0 Å². The van der Waals surface area contributed by atoms with Crippen LogP contribution in [0.3, 0.4) is 0 Å². The Morgan fingerprint density at radius 2 is 1.81 bits per heavy atom. The van der Waals surface area contributed by atoms with Gasteiger partial charge in [-0.05, 0) is 48.1 Å². The number of aromatic nitrogens is 1. The van der Waals surface area contributed by atoms with E-state index in [1.54, 1.807) is 12.4 Å². The first-order valence-corrected chi connectivity index (χ1v) is 9.60. The summed E-state index contributed by atoms with van der Waals surface area (Å²) in [7, 11) is 0. The van der Waals surface area contributed by atoms with Crippen molar-refractivity contribution in [3.8, 4) is 5.75 Å². The molecule has 6 heteroatoms. The molecule has 0 spiro atoms. The summed E-state index contributed by atoms with van der Waals surface area (Å²) in [5, 5.41) is 3.53. The molecular formula is C21H21Cl3N2O. The van der Waals surface area contributed by atoms with Gasteiger partial charge in [-0.1, -0.05) is 41.4 Å². The van der Waals surface area contributed by atoms with Crippen LogP contribution in [0, 0.1) is 0 Å². The highest BCUT2D eigenvalue weighted by atomic mass is 35.5. The van der Waals surface area contributed by atoms with Crippen molar-refractivity contribution in [2.24, 2.45) is 0 Å². The minimum Gasteiger partial charge on any atom is -0.490 e. The molecule has 1 aliphatic heterocycles. The summed E-state index contributed by atoms with van der Waals surface area (Å²) >= 11 is 12.6. The van der Waals surface area contributed by atoms with Crippen molar-refractivity contribution in [2.45, 2.75) is 25.5 Å². The van der Waals surface area contributed by atoms with Gasteiger partial charge >= 0.3 is 0 Å². The van der Waals surface area contributed by atoms with Gasteiger partial charge in [0, 0.05) is 42.4 Å². The van der Waals surface area contributed by atoms with Crippen LogP contribution < -0.4 is 4.74 Å². The van der Waals surface area contributed by atoms with E-state index in [0.717, 1.165) is 54.0 Å². The first-order valence-electron chi connectivity index (χ1n) is 8.85. The number of pyridine rings is 1. The molecular weight excluding hydrogens is 403 g/mol. The van der Waals surface area contributed by atoms with Crippen molar-refractivity contribution >= 4 is 46.4 Å². The highest BCUT2D eigenvalue weighted by Gasteiger charge is 2.21. The summed E-state index contributed by atoms with van der Waals surface area (Å²) in [4.78, 5) is 6.56. The molecule has 3 aromatic rings. The zero-order valence-corrected chi connectivity index (χ0v) is 17.1. The van der Waals surface area contributed by atoms with E-state index < -0.39 is 0 Å². The van der Waals surface area contributed by atoms with Crippen molar-refractivity contribution in [2.75, 3.05) is 13.1 Å². The average Bonchev–Trinajstić information content (AvgIpc) is 2.65. The second-order valence-electron chi connectivity index (χ2n) is 6.69. The van der Waals surface area contributed by atoms with Crippen molar-refractivity contribution in [3.63, 3.8) is 0 Å². The highest BCUT2D eigenvalue weighted by Crippen LogP contribution is 2.30. The molecule has 0 atom stereocenters. The van der Waals surface area contributed by atoms with Crippen LogP contribution >= 0.6 is 35.6 Å². The predicted octanol–water partition coefficient (Wildman–Crippen LogP) is 6.01. The zero-order valence-electron chi connectivity index (χ0n) is 14.8. The molecule has 1 aromatic heterocycles. The van der Waals surface area contributed by atoms with E-state index in [2.05, 4.69) is 16.0 Å². The number of fused-ring (bicyclic) bond motifs is 1. The fraction of sp³-hybridized carbons (Fsp3) is 0.286. The summed E-state index contributed by atoms with van der Waals surface area (Å²) in [6.45, 7) is 2.89. The van der Waals surface area contributed by atoms with Gasteiger partial charge in [0.25, 0.3) is 0 Å². The minimum atomic E-state index is 0. The molecule has 2 heterocycles. The molecule has 0 N–H and O–H groups in total. The van der Waals surface area contributed by atoms with Gasteiger partial charge in [-0.15, -0.1) is 12.4 Å². The summed E-state index contributed by atoms with van der Waals surface area (Å²) < 4.78 is 6.21. The van der Waals surface area contributed by atoms with Crippen LogP contribution in [0.5, 0.6) is 5.75 Å². The fourth-order valence-electron chi connectivity index (χ4n) is 3.44. The number of benzene rings is 2. The molecule has 3 nitrogen and oxygen atoms in total. The van der Waals surface area contributed by atoms with E-state index >= 15 is 0 Å². The Kier molecular flexibility index (Phi) is 6.83. The maximum absolute atomic E-state index is 6.37. The first-order chi connectivity index (χ1) is 12.7. The molecule has 1 fully saturated rings. The van der Waals surface area contributed by atoms with Gasteiger partial charge in [0.1, 0.15) is 11.9 Å². The molecule has 142 valence electrons. The van der Waals surface area contributed by atoms with Crippen LogP contribution in [0.25, 0.3) is 10.8 Å². The maximum Gasteiger partial charge on any atom is 0.121 e. The molecule has 0 radical (unpaired) electrons. The largest absolute Gasteiger partial charge is 0.490 e. The number of halogens is 3. The number of nitrogens with zero attached hydrogens (tertiary/aromatic N) is 2. The van der Waals surface area contributed by atoms with Crippen LogP contribution in [0.1, 0.15) is 18.4 Å². The maximum atomic E-state index is 6.37. The normalized spacial score (nSPS) is 15.5. The third-order valence-electron chi connectivity index (χ3n) is 4.87. The Bertz CT molecular complexity index is 911. The highest BCUT2D eigenvalue weighted by molar-refractivity contribution is 6.35. The van der Waals surface area contributed by atoms with Gasteiger partial charge in [0.15, 0.2) is 0 Å². The number of rotatable bonds is 4. The Morgan fingerprint density at radius 1 is 1.04 bits per heavy atom. The fourth-order valence-corrected chi connectivity index (χ4v) is 3.90. The second-order valence-corrected chi connectivity index (χ2v) is 7.50. The second kappa shape index (κ2) is 9.11. The Morgan fingerprint density at radius 3 is 2.59 bits per heavy atom. The summed E-state index contributed by atoms with van der Waals surface area (Å²) in [5.41, 5.74) is 1.18. The number of likely N-dealkylation sites (tertiary alicyclic amines) is 1. The minimum absolute atomic E-state index is 0. The standard InChI is InChI=1S/C21H20Cl2N2O.ClH/c22-20-4-2-1-3-16(20)14-25-9-6-17(7-10-25)26-18-11-15-5-8-24-13-19(15)21(23)12-18;/h1-5,8,11-13,17H,6-7,9-10,14H2;1H. The number of hydrogen-bond acceptors (Lipinski definition) is 3. The summed E-state index contributed by atoms with van der Waals surface area (Å²) in [6, 6.07) is 13.9. The molecule has 4 rings (SSSR count). The van der Waals surface area contributed by atoms with Gasteiger partial charge in [0.2, 0.25) is 0 Å². The molecule has 27 heavy (non-hydrogen) atoms. The lowest BCUT2D eigenvalue weighted by Crippen LogP contribution is -2.37. The van der Waals surface area contributed by atoms with E-state index in [1.165, 1.54) is 5.56 Å². The first kappa shape index (κ1) is 20.2. The van der Waals surface area contributed by atoms with Crippen LogP contribution in [0.15, 0.2) is 54.9 Å². The quantitative estimate of drug-likeness (QED) is 0.514. The van der Waals surface area contributed by atoms with Gasteiger partial charge in [-0.3, -0.25) is 9.88 Å². The number of hydrogen-bond donors (Lipinski definition) is 0. The lowest BCUT2D eigenvalue weighted by atomic mass is 10.1. The Labute approximate surface area is 175 Å². The molecule has 0 saturated carbocycles. The van der Waals surface area contributed by atoms with Crippen molar-refractivity contribution in [3.05, 3.63) is 70.5 Å². The predicted molar refractivity (Wildman–Crippen MR) is 114 cm³/mol. The molecule has 1 aliphatic rings. The topological polar surface area (TPSA) is 25.4 Å². The molecule has 2 aromatic carbocycles. The van der Waals surface area contributed by atoms with E-state index in [4.69, 9.17) is 27.9 Å². The summed E-state index contributed by atoms with van der Waals surface area (Å²) in [5.74, 6) is 0.832. The van der Waals surface area contributed by atoms with Gasteiger partial charge in [-0.25, -0.2) is 0 Å². The van der Waals surface area contributed by atoms with E-state index in [9.17, 15) is 0 Å². The molecule has 1 saturated heterocycles. The molecule has 0 unspecified atom stereocenters. The van der Waals surface area contributed by atoms with Crippen molar-refractivity contribution in [1.29, 1.82) is 0 Å². The van der Waals surface area contributed by atoms with Gasteiger partial charge in [-0.2, -0.15) is 0 Å². The molecule has 0 bridgehead atoms. The average molecular weight is 424 g/mol.